The van der Waals surface area contributed by atoms with Crippen LogP contribution in [0.5, 0.6) is 0 Å². The fourth-order valence-corrected chi connectivity index (χ4v) is 0.565. The van der Waals surface area contributed by atoms with E-state index in [9.17, 15) is 13.6 Å². The van der Waals surface area contributed by atoms with Crippen LogP contribution >= 0.6 is 0 Å². The molecule has 0 aliphatic rings. The fraction of sp³-hybridized carbons (Fsp3) is 0.200. The van der Waals surface area contributed by atoms with Crippen molar-refractivity contribution in [2.24, 2.45) is 0 Å². The van der Waals surface area contributed by atoms with Crippen molar-refractivity contribution in [1.29, 1.82) is 0 Å². The molecular formula is C5H3F2NO3. The summed E-state index contributed by atoms with van der Waals surface area (Å²) in [5, 5.41) is 11.2. The van der Waals surface area contributed by atoms with Gasteiger partial charge in [-0.1, -0.05) is 5.16 Å². The van der Waals surface area contributed by atoms with Gasteiger partial charge in [-0.25, -0.2) is 13.6 Å². The van der Waals surface area contributed by atoms with Gasteiger partial charge in [0.25, 0.3) is 12.2 Å². The molecule has 0 amide bonds. The average Bonchev–Trinajstić information content (AvgIpc) is 2.32. The van der Waals surface area contributed by atoms with E-state index in [2.05, 4.69) is 9.68 Å². The Morgan fingerprint density at radius 2 is 2.36 bits per heavy atom. The largest absolute Gasteiger partial charge is 0.475 e. The zero-order valence-corrected chi connectivity index (χ0v) is 5.12. The summed E-state index contributed by atoms with van der Waals surface area (Å²) in [4.78, 5) is 10.1. The molecule has 0 unspecified atom stereocenters. The maximum Gasteiger partial charge on any atom is 0.375 e. The molecule has 1 aromatic rings. The number of hydrogen-bond donors (Lipinski definition) is 1. The average molecular weight is 163 g/mol. The van der Waals surface area contributed by atoms with Gasteiger partial charge in [-0.2, -0.15) is 0 Å². The molecule has 0 fully saturated rings. The quantitative estimate of drug-likeness (QED) is 0.713. The van der Waals surface area contributed by atoms with Gasteiger partial charge in [0.15, 0.2) is 0 Å². The highest BCUT2D eigenvalue weighted by molar-refractivity contribution is 5.85. The third kappa shape index (κ3) is 1.34. The van der Waals surface area contributed by atoms with Crippen molar-refractivity contribution in [3.63, 3.8) is 0 Å². The van der Waals surface area contributed by atoms with Crippen molar-refractivity contribution >= 4 is 5.97 Å². The smallest absolute Gasteiger partial charge is 0.375 e. The number of nitrogens with zero attached hydrogens (tertiary/aromatic N) is 1. The number of carboxylic acid groups (broad SMARTS) is 1. The molecule has 6 heteroatoms. The Labute approximate surface area is 59.4 Å². The summed E-state index contributed by atoms with van der Waals surface area (Å²) >= 11 is 0. The van der Waals surface area contributed by atoms with Crippen LogP contribution in [0.15, 0.2) is 10.7 Å². The van der Waals surface area contributed by atoms with E-state index in [4.69, 9.17) is 5.11 Å². The van der Waals surface area contributed by atoms with E-state index in [-0.39, 0.29) is 0 Å². The number of alkyl halides is 2. The van der Waals surface area contributed by atoms with Crippen molar-refractivity contribution in [1.82, 2.24) is 5.16 Å². The van der Waals surface area contributed by atoms with E-state index in [1.807, 2.05) is 0 Å². The van der Waals surface area contributed by atoms with Gasteiger partial charge in [-0.05, 0) is 0 Å². The van der Waals surface area contributed by atoms with E-state index in [0.717, 1.165) is 0 Å². The molecule has 11 heavy (non-hydrogen) atoms. The maximum absolute atomic E-state index is 11.9. The Kier molecular flexibility index (Phi) is 1.84. The molecule has 60 valence electrons. The van der Waals surface area contributed by atoms with Gasteiger partial charge in [0.2, 0.25) is 0 Å². The third-order valence-corrected chi connectivity index (χ3v) is 1.03. The van der Waals surface area contributed by atoms with Crippen LogP contribution < -0.4 is 0 Å². The van der Waals surface area contributed by atoms with Gasteiger partial charge in [0, 0.05) is 0 Å². The summed E-state index contributed by atoms with van der Waals surface area (Å²) in [6, 6.07) is 0. The molecule has 0 radical (unpaired) electrons. The second kappa shape index (κ2) is 2.65. The number of carbonyl (C=O) groups is 1. The van der Waals surface area contributed by atoms with Crippen LogP contribution in [0.1, 0.15) is 22.5 Å². The van der Waals surface area contributed by atoms with E-state index >= 15 is 0 Å². The molecule has 1 N–H and O–H groups in total. The van der Waals surface area contributed by atoms with Gasteiger partial charge in [-0.15, -0.1) is 0 Å². The van der Waals surface area contributed by atoms with Crippen molar-refractivity contribution in [3.05, 3.63) is 17.5 Å². The zero-order chi connectivity index (χ0) is 8.43. The first kappa shape index (κ1) is 7.64. The van der Waals surface area contributed by atoms with Crippen LogP contribution in [0.2, 0.25) is 0 Å². The molecule has 4 nitrogen and oxygen atoms in total. The number of hydrogen-bond acceptors (Lipinski definition) is 3. The second-order valence-corrected chi connectivity index (χ2v) is 1.72. The molecule has 1 aromatic heterocycles. The Balaban J connectivity index is 3.06. The van der Waals surface area contributed by atoms with Gasteiger partial charge < -0.3 is 9.63 Å². The first-order valence-electron chi connectivity index (χ1n) is 2.59. The van der Waals surface area contributed by atoms with Crippen LogP contribution in [0.3, 0.4) is 0 Å². The van der Waals surface area contributed by atoms with Crippen molar-refractivity contribution < 1.29 is 23.2 Å². The zero-order valence-electron chi connectivity index (χ0n) is 5.12. The Bertz CT molecular complexity index is 270. The third-order valence-electron chi connectivity index (χ3n) is 1.03. The molecule has 1 rings (SSSR count). The predicted molar refractivity (Wildman–Crippen MR) is 28.4 cm³/mol. The Morgan fingerprint density at radius 1 is 1.73 bits per heavy atom. The number of aromatic nitrogens is 1. The number of carboxylic acids is 1. The van der Waals surface area contributed by atoms with Crippen LogP contribution in [-0.2, 0) is 0 Å². The van der Waals surface area contributed by atoms with E-state index in [1.165, 1.54) is 0 Å². The standard InChI is InChI=1S/C5H3F2NO3/c6-4(7)2-1-8-11-3(2)5(9)10/h1,4H,(H,9,10). The molecule has 0 spiro atoms. The van der Waals surface area contributed by atoms with Crippen LogP contribution in [0.25, 0.3) is 0 Å². The predicted octanol–water partition coefficient (Wildman–Crippen LogP) is 1.31. The summed E-state index contributed by atoms with van der Waals surface area (Å²) in [5.41, 5.74) is -0.697. The minimum atomic E-state index is -2.87. The summed E-state index contributed by atoms with van der Waals surface area (Å²) < 4.78 is 27.8. The second-order valence-electron chi connectivity index (χ2n) is 1.72. The number of halogens is 2. The summed E-state index contributed by atoms with van der Waals surface area (Å²) in [7, 11) is 0. The molecule has 1 heterocycles. The fourth-order valence-electron chi connectivity index (χ4n) is 0.565. The van der Waals surface area contributed by atoms with Crippen LogP contribution in [-0.4, -0.2) is 16.2 Å². The lowest BCUT2D eigenvalue weighted by atomic mass is 10.3. The minimum absolute atomic E-state index is 0.689. The number of rotatable bonds is 2. The first-order chi connectivity index (χ1) is 5.13. The van der Waals surface area contributed by atoms with E-state index < -0.39 is 23.7 Å². The SMILES string of the molecule is O=C(O)c1oncc1C(F)F. The van der Waals surface area contributed by atoms with E-state index in [1.54, 1.807) is 0 Å². The highest BCUT2D eigenvalue weighted by atomic mass is 19.3. The van der Waals surface area contributed by atoms with Gasteiger partial charge >= 0.3 is 5.97 Å². The summed E-state index contributed by atoms with van der Waals surface area (Å²) in [5.74, 6) is -2.35. The Morgan fingerprint density at radius 3 is 2.73 bits per heavy atom. The van der Waals surface area contributed by atoms with Crippen molar-refractivity contribution in [3.8, 4) is 0 Å². The molecule has 0 saturated carbocycles. The van der Waals surface area contributed by atoms with E-state index in [0.29, 0.717) is 6.20 Å². The van der Waals surface area contributed by atoms with Crippen LogP contribution in [0.4, 0.5) is 8.78 Å². The molecule has 0 bridgehead atoms. The highest BCUT2D eigenvalue weighted by Crippen LogP contribution is 2.21. The minimum Gasteiger partial charge on any atom is -0.475 e. The van der Waals surface area contributed by atoms with Crippen molar-refractivity contribution in [2.45, 2.75) is 6.43 Å². The molecule has 0 aliphatic heterocycles. The van der Waals surface area contributed by atoms with Gasteiger partial charge in [0.1, 0.15) is 0 Å². The molecule has 0 atom stereocenters. The lowest BCUT2D eigenvalue weighted by molar-refractivity contribution is 0.0636. The van der Waals surface area contributed by atoms with Gasteiger partial charge in [-0.3, -0.25) is 0 Å². The topological polar surface area (TPSA) is 63.3 Å². The summed E-state index contributed by atoms with van der Waals surface area (Å²) in [6.45, 7) is 0. The lowest BCUT2D eigenvalue weighted by Gasteiger charge is -1.91. The first-order valence-corrected chi connectivity index (χ1v) is 2.59. The lowest BCUT2D eigenvalue weighted by Crippen LogP contribution is -1.98. The monoisotopic (exact) mass is 163 g/mol. The number of aromatic carboxylic acids is 1. The van der Waals surface area contributed by atoms with Gasteiger partial charge in [0.05, 0.1) is 11.8 Å². The normalized spacial score (nSPS) is 10.5. The maximum atomic E-state index is 11.9. The molecule has 0 aromatic carbocycles. The highest BCUT2D eigenvalue weighted by Gasteiger charge is 2.22. The summed E-state index contributed by atoms with van der Waals surface area (Å²) in [6.07, 6.45) is -2.18. The van der Waals surface area contributed by atoms with Crippen LogP contribution in [0, 0.1) is 0 Å². The molecule has 0 aliphatic carbocycles. The Hall–Kier alpha value is -1.46. The molecule has 0 saturated heterocycles. The van der Waals surface area contributed by atoms with Crippen molar-refractivity contribution in [2.75, 3.05) is 0 Å². The molecular weight excluding hydrogens is 160 g/mol.